The third-order valence-electron chi connectivity index (χ3n) is 3.59. The van der Waals surface area contributed by atoms with Gasteiger partial charge in [0.2, 0.25) is 0 Å². The van der Waals surface area contributed by atoms with Crippen molar-refractivity contribution in [1.29, 1.82) is 0 Å². The second kappa shape index (κ2) is 6.86. The standard InChI is InChI=1S/C14H22N2O3/c1-18-13-4-2-3-11(7-13)14(8-15)16-5-6-19-10-12(16)9-17/h2-4,7,12,14,17H,5-6,8-10,15H2,1H3. The van der Waals surface area contributed by atoms with Crippen LogP contribution in [0.3, 0.4) is 0 Å². The fourth-order valence-corrected chi connectivity index (χ4v) is 2.55. The lowest BCUT2D eigenvalue weighted by Gasteiger charge is -2.40. The lowest BCUT2D eigenvalue weighted by molar-refractivity contribution is -0.0464. The summed E-state index contributed by atoms with van der Waals surface area (Å²) in [6.45, 7) is 2.60. The van der Waals surface area contributed by atoms with Crippen LogP contribution in [0.25, 0.3) is 0 Å². The Bertz CT molecular complexity index is 400. The van der Waals surface area contributed by atoms with Gasteiger partial charge in [0.25, 0.3) is 0 Å². The Balaban J connectivity index is 2.21. The smallest absolute Gasteiger partial charge is 0.119 e. The average Bonchev–Trinajstić information content (AvgIpc) is 2.49. The topological polar surface area (TPSA) is 68.0 Å². The molecule has 0 aromatic heterocycles. The summed E-state index contributed by atoms with van der Waals surface area (Å²) < 4.78 is 10.7. The molecular formula is C14H22N2O3. The summed E-state index contributed by atoms with van der Waals surface area (Å²) in [5, 5.41) is 9.47. The zero-order valence-electron chi connectivity index (χ0n) is 11.3. The number of methoxy groups -OCH3 is 1. The first kappa shape index (κ1) is 14.3. The molecule has 0 saturated carbocycles. The number of ether oxygens (including phenoxy) is 2. The molecule has 3 N–H and O–H groups in total. The Hall–Kier alpha value is -1.14. The van der Waals surface area contributed by atoms with Crippen molar-refractivity contribution in [3.8, 4) is 5.75 Å². The van der Waals surface area contributed by atoms with E-state index in [2.05, 4.69) is 4.90 Å². The van der Waals surface area contributed by atoms with Crippen molar-refractivity contribution in [1.82, 2.24) is 4.90 Å². The Morgan fingerprint density at radius 2 is 2.42 bits per heavy atom. The van der Waals surface area contributed by atoms with Crippen molar-refractivity contribution in [2.45, 2.75) is 12.1 Å². The number of aliphatic hydroxyl groups excluding tert-OH is 1. The van der Waals surface area contributed by atoms with Crippen LogP contribution in [-0.4, -0.2) is 56.1 Å². The van der Waals surface area contributed by atoms with E-state index >= 15 is 0 Å². The zero-order valence-corrected chi connectivity index (χ0v) is 11.3. The Labute approximate surface area is 113 Å². The monoisotopic (exact) mass is 266 g/mol. The van der Waals surface area contributed by atoms with Crippen molar-refractivity contribution >= 4 is 0 Å². The summed E-state index contributed by atoms with van der Waals surface area (Å²) in [6.07, 6.45) is 0. The van der Waals surface area contributed by atoms with Gasteiger partial charge in [0.05, 0.1) is 33.0 Å². The van der Waals surface area contributed by atoms with Gasteiger partial charge >= 0.3 is 0 Å². The molecule has 2 unspecified atom stereocenters. The van der Waals surface area contributed by atoms with Crippen molar-refractivity contribution in [3.05, 3.63) is 29.8 Å². The van der Waals surface area contributed by atoms with Crippen molar-refractivity contribution in [2.24, 2.45) is 5.73 Å². The van der Waals surface area contributed by atoms with Gasteiger partial charge in [-0.25, -0.2) is 0 Å². The van der Waals surface area contributed by atoms with Crippen molar-refractivity contribution in [3.63, 3.8) is 0 Å². The highest BCUT2D eigenvalue weighted by Crippen LogP contribution is 2.26. The molecule has 0 spiro atoms. The quantitative estimate of drug-likeness (QED) is 0.807. The van der Waals surface area contributed by atoms with E-state index in [1.54, 1.807) is 7.11 Å². The molecule has 1 aromatic rings. The SMILES string of the molecule is COc1cccc(C(CN)N2CCOCC2CO)c1. The maximum atomic E-state index is 9.47. The van der Waals surface area contributed by atoms with Gasteiger partial charge in [0.1, 0.15) is 5.75 Å². The largest absolute Gasteiger partial charge is 0.497 e. The van der Waals surface area contributed by atoms with Crippen LogP contribution < -0.4 is 10.5 Å². The van der Waals surface area contributed by atoms with Crippen molar-refractivity contribution < 1.29 is 14.6 Å². The molecule has 2 atom stereocenters. The van der Waals surface area contributed by atoms with Crippen LogP contribution in [0, 0.1) is 0 Å². The molecule has 0 aliphatic carbocycles. The molecule has 1 fully saturated rings. The molecule has 5 heteroatoms. The number of nitrogens with zero attached hydrogens (tertiary/aromatic N) is 1. The highest BCUT2D eigenvalue weighted by molar-refractivity contribution is 5.31. The number of benzene rings is 1. The number of aliphatic hydroxyl groups is 1. The number of hydrogen-bond acceptors (Lipinski definition) is 5. The molecule has 1 aliphatic heterocycles. The molecule has 1 aliphatic rings. The molecule has 0 amide bonds. The molecule has 0 radical (unpaired) electrons. The van der Waals surface area contributed by atoms with Gasteiger partial charge in [0, 0.05) is 19.1 Å². The molecule has 5 nitrogen and oxygen atoms in total. The molecule has 2 rings (SSSR count). The number of rotatable bonds is 5. The van der Waals surface area contributed by atoms with E-state index in [0.717, 1.165) is 17.9 Å². The molecule has 1 aromatic carbocycles. The van der Waals surface area contributed by atoms with E-state index in [1.165, 1.54) is 0 Å². The van der Waals surface area contributed by atoms with E-state index in [-0.39, 0.29) is 18.7 Å². The van der Waals surface area contributed by atoms with Crippen LogP contribution in [0.5, 0.6) is 5.75 Å². The molecule has 1 heterocycles. The van der Waals surface area contributed by atoms with Crippen LogP contribution in [0.2, 0.25) is 0 Å². The van der Waals surface area contributed by atoms with Crippen LogP contribution in [0.4, 0.5) is 0 Å². The first-order valence-corrected chi connectivity index (χ1v) is 6.58. The van der Waals surface area contributed by atoms with Crippen LogP contribution in [-0.2, 0) is 4.74 Å². The lowest BCUT2D eigenvalue weighted by atomic mass is 10.0. The fourth-order valence-electron chi connectivity index (χ4n) is 2.55. The van der Waals surface area contributed by atoms with E-state index in [9.17, 15) is 5.11 Å². The van der Waals surface area contributed by atoms with E-state index in [0.29, 0.717) is 19.8 Å². The van der Waals surface area contributed by atoms with Gasteiger partial charge in [0.15, 0.2) is 0 Å². The summed E-state index contributed by atoms with van der Waals surface area (Å²) in [4.78, 5) is 2.22. The third kappa shape index (κ3) is 3.25. The number of morpholine rings is 1. The van der Waals surface area contributed by atoms with Gasteiger partial charge in [-0.3, -0.25) is 4.90 Å². The minimum Gasteiger partial charge on any atom is -0.497 e. The second-order valence-corrected chi connectivity index (χ2v) is 4.68. The third-order valence-corrected chi connectivity index (χ3v) is 3.59. The Morgan fingerprint density at radius 3 is 3.11 bits per heavy atom. The maximum Gasteiger partial charge on any atom is 0.119 e. The highest BCUT2D eigenvalue weighted by atomic mass is 16.5. The maximum absolute atomic E-state index is 9.47. The summed E-state index contributed by atoms with van der Waals surface area (Å²) in [6, 6.07) is 8.01. The number of hydrogen-bond donors (Lipinski definition) is 2. The Morgan fingerprint density at radius 1 is 1.58 bits per heavy atom. The molecule has 19 heavy (non-hydrogen) atoms. The number of nitrogens with two attached hydrogens (primary N) is 1. The predicted octanol–water partition coefficient (Wildman–Crippen LogP) is 0.388. The van der Waals surface area contributed by atoms with Gasteiger partial charge in [-0.05, 0) is 17.7 Å². The fraction of sp³-hybridized carbons (Fsp3) is 0.571. The second-order valence-electron chi connectivity index (χ2n) is 4.68. The summed E-state index contributed by atoms with van der Waals surface area (Å²) in [5.74, 6) is 0.824. The normalized spacial score (nSPS) is 22.2. The van der Waals surface area contributed by atoms with Crippen molar-refractivity contribution in [2.75, 3.05) is 40.0 Å². The molecule has 1 saturated heterocycles. The van der Waals surface area contributed by atoms with Gasteiger partial charge in [-0.1, -0.05) is 12.1 Å². The molecule has 0 bridgehead atoms. The van der Waals surface area contributed by atoms with Gasteiger partial charge in [-0.15, -0.1) is 0 Å². The van der Waals surface area contributed by atoms with Crippen LogP contribution in [0.1, 0.15) is 11.6 Å². The van der Waals surface area contributed by atoms with E-state index in [4.69, 9.17) is 15.2 Å². The summed E-state index contributed by atoms with van der Waals surface area (Å²) >= 11 is 0. The van der Waals surface area contributed by atoms with Gasteiger partial charge < -0.3 is 20.3 Å². The van der Waals surface area contributed by atoms with E-state index < -0.39 is 0 Å². The zero-order chi connectivity index (χ0) is 13.7. The predicted molar refractivity (Wildman–Crippen MR) is 73.2 cm³/mol. The summed E-state index contributed by atoms with van der Waals surface area (Å²) in [7, 11) is 1.65. The van der Waals surface area contributed by atoms with Crippen LogP contribution >= 0.6 is 0 Å². The molecular weight excluding hydrogens is 244 g/mol. The average molecular weight is 266 g/mol. The van der Waals surface area contributed by atoms with E-state index in [1.807, 2.05) is 24.3 Å². The Kier molecular flexibility index (Phi) is 5.15. The lowest BCUT2D eigenvalue weighted by Crippen LogP contribution is -2.50. The first-order valence-electron chi connectivity index (χ1n) is 6.58. The highest BCUT2D eigenvalue weighted by Gasteiger charge is 2.29. The minimum atomic E-state index is 0.00787. The minimum absolute atomic E-state index is 0.00787. The first-order chi connectivity index (χ1) is 9.30. The summed E-state index contributed by atoms with van der Waals surface area (Å²) in [5.41, 5.74) is 7.05. The molecule has 106 valence electrons. The van der Waals surface area contributed by atoms with Crippen LogP contribution in [0.15, 0.2) is 24.3 Å². The van der Waals surface area contributed by atoms with Gasteiger partial charge in [-0.2, -0.15) is 0 Å².